The van der Waals surface area contributed by atoms with Crippen LogP contribution in [0.3, 0.4) is 0 Å². The van der Waals surface area contributed by atoms with Gasteiger partial charge < -0.3 is 23.6 Å². The van der Waals surface area contributed by atoms with Crippen molar-refractivity contribution in [3.8, 4) is 0 Å². The third kappa shape index (κ3) is 11.5. The molecule has 41 heavy (non-hydrogen) atoms. The van der Waals surface area contributed by atoms with E-state index in [-0.39, 0.29) is 45.7 Å². The molecule has 10 heteroatoms. The Morgan fingerprint density at radius 2 is 1.17 bits per heavy atom. The molecule has 3 aromatic rings. The van der Waals surface area contributed by atoms with E-state index < -0.39 is 25.9 Å². The van der Waals surface area contributed by atoms with Gasteiger partial charge >= 0.3 is 7.60 Å². The van der Waals surface area contributed by atoms with Crippen LogP contribution in [0.5, 0.6) is 0 Å². The summed E-state index contributed by atoms with van der Waals surface area (Å²) in [6.07, 6.45) is -2.96. The Morgan fingerprint density at radius 3 is 1.61 bits per heavy atom. The van der Waals surface area contributed by atoms with Crippen LogP contribution in [-0.4, -0.2) is 60.8 Å². The third-order valence-corrected chi connectivity index (χ3v) is 8.26. The Hall–Kier alpha value is -2.88. The molecule has 3 atom stereocenters. The number of aliphatic hydroxyl groups excluding tert-OH is 1. The number of ether oxygens (including phenoxy) is 2. The number of benzene rings is 3. The maximum absolute atomic E-state index is 13.5. The second-order valence-electron chi connectivity index (χ2n) is 9.25. The zero-order valence-electron chi connectivity index (χ0n) is 23.6. The van der Waals surface area contributed by atoms with Crippen molar-refractivity contribution >= 4 is 14.0 Å². The summed E-state index contributed by atoms with van der Waals surface area (Å²) in [6.45, 7) is 4.13. The number of hydroxylamine groups is 2. The highest BCUT2D eigenvalue weighted by Gasteiger charge is 2.38. The summed E-state index contributed by atoms with van der Waals surface area (Å²) in [5.74, 6) is 0. The molecule has 1 amide bonds. The van der Waals surface area contributed by atoms with E-state index in [9.17, 15) is 14.5 Å². The van der Waals surface area contributed by atoms with Crippen molar-refractivity contribution in [3.05, 3.63) is 108 Å². The number of aliphatic hydroxyl groups is 1. The predicted octanol–water partition coefficient (Wildman–Crippen LogP) is 5.37. The number of amides is 1. The zero-order chi connectivity index (χ0) is 29.3. The first kappa shape index (κ1) is 32.6. The molecule has 0 radical (unpaired) electrons. The summed E-state index contributed by atoms with van der Waals surface area (Å²) in [5.41, 5.74) is 2.62. The normalized spacial score (nSPS) is 13.8. The van der Waals surface area contributed by atoms with Crippen molar-refractivity contribution in [3.63, 3.8) is 0 Å². The van der Waals surface area contributed by atoms with Crippen molar-refractivity contribution in [1.29, 1.82) is 0 Å². The van der Waals surface area contributed by atoms with E-state index in [0.29, 0.717) is 6.41 Å². The summed E-state index contributed by atoms with van der Waals surface area (Å²) >= 11 is 0. The molecule has 0 aliphatic heterocycles. The molecule has 0 aromatic heterocycles. The van der Waals surface area contributed by atoms with E-state index in [0.717, 1.165) is 21.8 Å². The molecular formula is C31H40NO8P. The van der Waals surface area contributed by atoms with E-state index in [1.807, 2.05) is 91.0 Å². The summed E-state index contributed by atoms with van der Waals surface area (Å²) in [7, 11) is -3.62. The van der Waals surface area contributed by atoms with Gasteiger partial charge in [0.05, 0.1) is 45.2 Å². The molecule has 0 saturated carbocycles. The molecule has 9 nitrogen and oxygen atoms in total. The number of nitrogens with zero attached hydrogens (tertiary/aromatic N) is 1. The van der Waals surface area contributed by atoms with Crippen LogP contribution in [0.2, 0.25) is 0 Å². The van der Waals surface area contributed by atoms with Crippen molar-refractivity contribution in [2.24, 2.45) is 0 Å². The van der Waals surface area contributed by atoms with Gasteiger partial charge in [0.25, 0.3) is 0 Å². The lowest BCUT2D eigenvalue weighted by Crippen LogP contribution is -2.48. The standard InChI is InChI=1S/C31H40NO8P/c1-3-39-41(35,40-4-2)24-30(37-22-27-16-10-6-11-17-27)31(34)29(36-21-26-14-8-5-9-15-26)20-32(25-33)38-23-28-18-12-7-13-19-28/h5-19,25,29-31,34H,3-4,20-24H2,1-2H3/t29-,30+,31-/m0/s1. The molecule has 3 aromatic carbocycles. The Morgan fingerprint density at radius 1 is 0.732 bits per heavy atom. The average Bonchev–Trinajstić information content (AvgIpc) is 3.00. The highest BCUT2D eigenvalue weighted by molar-refractivity contribution is 7.53. The van der Waals surface area contributed by atoms with Crippen molar-refractivity contribution in [2.45, 2.75) is 52.0 Å². The summed E-state index contributed by atoms with van der Waals surface area (Å²) in [6, 6.07) is 28.3. The Bertz CT molecular complexity index is 1160. The molecule has 0 bridgehead atoms. The Kier molecular flexibility index (Phi) is 14.2. The van der Waals surface area contributed by atoms with Gasteiger partial charge in [-0.3, -0.25) is 14.2 Å². The van der Waals surface area contributed by atoms with E-state index in [2.05, 4.69) is 0 Å². The lowest BCUT2D eigenvalue weighted by atomic mass is 10.1. The van der Waals surface area contributed by atoms with E-state index in [1.165, 1.54) is 0 Å². The molecule has 0 fully saturated rings. The predicted molar refractivity (Wildman–Crippen MR) is 156 cm³/mol. The number of carbonyl (C=O) groups excluding carboxylic acids is 1. The highest BCUT2D eigenvalue weighted by Crippen LogP contribution is 2.49. The number of hydrogen-bond acceptors (Lipinski definition) is 8. The van der Waals surface area contributed by atoms with Crippen LogP contribution in [0.1, 0.15) is 30.5 Å². The minimum atomic E-state index is -3.62. The lowest BCUT2D eigenvalue weighted by Gasteiger charge is -2.33. The smallest absolute Gasteiger partial charge is 0.333 e. The maximum atomic E-state index is 13.5. The van der Waals surface area contributed by atoms with Crippen molar-refractivity contribution in [2.75, 3.05) is 25.9 Å². The van der Waals surface area contributed by atoms with Crippen molar-refractivity contribution in [1.82, 2.24) is 5.06 Å². The van der Waals surface area contributed by atoms with Gasteiger partial charge in [-0.2, -0.15) is 0 Å². The third-order valence-electron chi connectivity index (χ3n) is 6.15. The van der Waals surface area contributed by atoms with Gasteiger partial charge in [-0.05, 0) is 30.5 Å². The van der Waals surface area contributed by atoms with Crippen molar-refractivity contribution < 1.29 is 37.8 Å². The van der Waals surface area contributed by atoms with Crippen LogP contribution >= 0.6 is 7.60 Å². The van der Waals surface area contributed by atoms with E-state index >= 15 is 0 Å². The van der Waals surface area contributed by atoms with Crippen LogP contribution in [0, 0.1) is 0 Å². The van der Waals surface area contributed by atoms with Crippen LogP contribution in [0.15, 0.2) is 91.0 Å². The van der Waals surface area contributed by atoms with E-state index in [1.54, 1.807) is 13.8 Å². The average molecular weight is 586 g/mol. The second kappa shape index (κ2) is 17.8. The van der Waals surface area contributed by atoms with Gasteiger partial charge in [0.2, 0.25) is 6.41 Å². The lowest BCUT2D eigenvalue weighted by molar-refractivity contribution is -0.200. The van der Waals surface area contributed by atoms with Gasteiger partial charge in [0.1, 0.15) is 18.8 Å². The summed E-state index contributed by atoms with van der Waals surface area (Å²) < 4.78 is 36.8. The molecular weight excluding hydrogens is 545 g/mol. The van der Waals surface area contributed by atoms with Crippen LogP contribution < -0.4 is 0 Å². The van der Waals surface area contributed by atoms with Gasteiger partial charge in [-0.1, -0.05) is 91.0 Å². The molecule has 0 aliphatic rings. The van der Waals surface area contributed by atoms with Gasteiger partial charge in [-0.25, -0.2) is 5.06 Å². The quantitative estimate of drug-likeness (QED) is 0.107. The number of hydrogen-bond donors (Lipinski definition) is 1. The minimum Gasteiger partial charge on any atom is -0.388 e. The molecule has 0 heterocycles. The fraction of sp³-hybridized carbons (Fsp3) is 0.387. The molecule has 0 spiro atoms. The zero-order valence-corrected chi connectivity index (χ0v) is 24.5. The largest absolute Gasteiger partial charge is 0.388 e. The van der Waals surface area contributed by atoms with Gasteiger partial charge in [-0.15, -0.1) is 0 Å². The fourth-order valence-electron chi connectivity index (χ4n) is 4.10. The topological polar surface area (TPSA) is 104 Å². The monoisotopic (exact) mass is 585 g/mol. The van der Waals surface area contributed by atoms with Gasteiger partial charge in [0, 0.05) is 0 Å². The summed E-state index contributed by atoms with van der Waals surface area (Å²) in [5, 5.41) is 12.8. The van der Waals surface area contributed by atoms with Crippen LogP contribution in [-0.2, 0) is 52.5 Å². The Balaban J connectivity index is 1.83. The minimum absolute atomic E-state index is 0.108. The van der Waals surface area contributed by atoms with Gasteiger partial charge in [0.15, 0.2) is 0 Å². The summed E-state index contributed by atoms with van der Waals surface area (Å²) in [4.78, 5) is 17.7. The molecule has 1 N–H and O–H groups in total. The van der Waals surface area contributed by atoms with Crippen LogP contribution in [0.25, 0.3) is 0 Å². The van der Waals surface area contributed by atoms with E-state index in [4.69, 9.17) is 23.4 Å². The molecule has 3 rings (SSSR count). The highest BCUT2D eigenvalue weighted by atomic mass is 31.2. The number of carbonyl (C=O) groups is 1. The first-order chi connectivity index (χ1) is 20.0. The first-order valence-corrected chi connectivity index (χ1v) is 15.4. The Labute approximate surface area is 242 Å². The first-order valence-electron chi connectivity index (χ1n) is 13.7. The molecule has 0 aliphatic carbocycles. The maximum Gasteiger partial charge on any atom is 0.333 e. The second-order valence-corrected chi connectivity index (χ2v) is 11.4. The molecule has 0 saturated heterocycles. The molecule has 222 valence electrons. The SMILES string of the molecule is CCOP(=O)(C[C@@H](OCc1ccccc1)[C@@H](O)[C@H](CN(C=O)OCc1ccccc1)OCc1ccccc1)OCC. The van der Waals surface area contributed by atoms with Crippen LogP contribution in [0.4, 0.5) is 0 Å². The number of rotatable bonds is 20. The fourth-order valence-corrected chi connectivity index (χ4v) is 5.94. The molecule has 0 unspecified atom stereocenters.